The summed E-state index contributed by atoms with van der Waals surface area (Å²) in [6, 6.07) is 7.92. The first kappa shape index (κ1) is 13.2. The molecule has 2 rings (SSSR count). The minimum absolute atomic E-state index is 0.100. The number of rotatable bonds is 3. The normalized spacial score (nSPS) is 19.1. The first-order valence-corrected chi connectivity index (χ1v) is 6.81. The maximum absolute atomic E-state index is 12.4. The molecule has 18 heavy (non-hydrogen) atoms. The number of hydrogen-bond donors (Lipinski definition) is 0. The number of nitrogens with zero attached hydrogens (tertiary/aromatic N) is 2. The fourth-order valence-corrected chi connectivity index (χ4v) is 2.65. The maximum Gasteiger partial charge on any atom is 0.254 e. The molecule has 1 amide bonds. The number of carbonyl (C=O) groups excluding carboxylic acids is 1. The summed E-state index contributed by atoms with van der Waals surface area (Å²) in [5, 5.41) is 0. The van der Waals surface area contributed by atoms with Crippen LogP contribution in [0.4, 0.5) is 5.69 Å². The number of anilines is 1. The molecule has 1 atom stereocenters. The Morgan fingerprint density at radius 3 is 2.61 bits per heavy atom. The van der Waals surface area contributed by atoms with E-state index in [9.17, 15) is 4.79 Å². The van der Waals surface area contributed by atoms with E-state index < -0.39 is 0 Å². The minimum Gasteiger partial charge on any atom is -0.378 e. The van der Waals surface area contributed by atoms with Crippen molar-refractivity contribution >= 4 is 23.2 Å². The van der Waals surface area contributed by atoms with Crippen LogP contribution in [-0.4, -0.2) is 43.4 Å². The lowest BCUT2D eigenvalue weighted by Crippen LogP contribution is -2.36. The third kappa shape index (κ3) is 2.61. The zero-order valence-electron chi connectivity index (χ0n) is 10.9. The quantitative estimate of drug-likeness (QED) is 0.785. The van der Waals surface area contributed by atoms with Gasteiger partial charge in [0.15, 0.2) is 0 Å². The summed E-state index contributed by atoms with van der Waals surface area (Å²) in [7, 11) is 3.97. The van der Waals surface area contributed by atoms with Gasteiger partial charge in [0.25, 0.3) is 5.91 Å². The molecule has 1 heterocycles. The molecule has 1 aliphatic heterocycles. The van der Waals surface area contributed by atoms with Gasteiger partial charge in [0.1, 0.15) is 0 Å². The molecule has 0 aliphatic carbocycles. The van der Waals surface area contributed by atoms with Crippen LogP contribution in [0.3, 0.4) is 0 Å². The fraction of sp³-hybridized carbons (Fsp3) is 0.500. The standard InChI is InChI=1S/C14H19ClN2O/c1-16(2)12-7-5-11(6-8-12)14(18)17-9-3-4-13(17)10-15/h5-8,13H,3-4,9-10H2,1-2H3. The number of carbonyl (C=O) groups is 1. The van der Waals surface area contributed by atoms with Gasteiger partial charge in [-0.05, 0) is 37.1 Å². The highest BCUT2D eigenvalue weighted by atomic mass is 35.5. The molecule has 0 bridgehead atoms. The molecule has 0 aromatic heterocycles. The molecular formula is C14H19ClN2O. The predicted octanol–water partition coefficient (Wildman–Crippen LogP) is 2.60. The van der Waals surface area contributed by atoms with Crippen molar-refractivity contribution in [2.24, 2.45) is 0 Å². The van der Waals surface area contributed by atoms with Crippen LogP contribution >= 0.6 is 11.6 Å². The van der Waals surface area contributed by atoms with Gasteiger partial charge in [-0.2, -0.15) is 0 Å². The van der Waals surface area contributed by atoms with E-state index in [1.807, 2.05) is 48.2 Å². The smallest absolute Gasteiger partial charge is 0.254 e. The Hall–Kier alpha value is -1.22. The van der Waals surface area contributed by atoms with Crippen LogP contribution < -0.4 is 4.90 Å². The zero-order chi connectivity index (χ0) is 13.1. The molecule has 0 saturated carbocycles. The van der Waals surface area contributed by atoms with Crippen LogP contribution in [0.2, 0.25) is 0 Å². The summed E-state index contributed by atoms with van der Waals surface area (Å²) in [5.74, 6) is 0.630. The lowest BCUT2D eigenvalue weighted by atomic mass is 10.1. The van der Waals surface area contributed by atoms with Gasteiger partial charge in [0.05, 0.1) is 0 Å². The van der Waals surface area contributed by atoms with Gasteiger partial charge in [0.2, 0.25) is 0 Å². The molecule has 4 heteroatoms. The zero-order valence-corrected chi connectivity index (χ0v) is 11.7. The van der Waals surface area contributed by atoms with E-state index >= 15 is 0 Å². The molecular weight excluding hydrogens is 248 g/mol. The largest absolute Gasteiger partial charge is 0.378 e. The Morgan fingerprint density at radius 1 is 1.39 bits per heavy atom. The summed E-state index contributed by atoms with van der Waals surface area (Å²) < 4.78 is 0. The fourth-order valence-electron chi connectivity index (χ4n) is 2.33. The van der Waals surface area contributed by atoms with Gasteiger partial charge in [0, 0.05) is 43.8 Å². The number of alkyl halides is 1. The van der Waals surface area contributed by atoms with E-state index in [1.165, 1.54) is 0 Å². The summed E-state index contributed by atoms with van der Waals surface area (Å²) in [6.07, 6.45) is 2.07. The van der Waals surface area contributed by atoms with Crippen LogP contribution in [0.5, 0.6) is 0 Å². The van der Waals surface area contributed by atoms with E-state index in [2.05, 4.69) is 0 Å². The molecule has 1 aromatic rings. The number of likely N-dealkylation sites (tertiary alicyclic amines) is 1. The number of benzene rings is 1. The molecule has 1 aliphatic rings. The summed E-state index contributed by atoms with van der Waals surface area (Å²) in [6.45, 7) is 0.825. The van der Waals surface area contributed by atoms with Crippen LogP contribution in [0, 0.1) is 0 Å². The van der Waals surface area contributed by atoms with Crippen molar-refractivity contribution < 1.29 is 4.79 Å². The Bertz CT molecular complexity index is 416. The van der Waals surface area contributed by atoms with E-state index in [0.29, 0.717) is 5.88 Å². The predicted molar refractivity (Wildman–Crippen MR) is 75.5 cm³/mol. The van der Waals surface area contributed by atoms with Crippen molar-refractivity contribution in [3.63, 3.8) is 0 Å². The number of amides is 1. The molecule has 0 radical (unpaired) electrons. The first-order valence-electron chi connectivity index (χ1n) is 6.28. The van der Waals surface area contributed by atoms with Gasteiger partial charge in [-0.1, -0.05) is 0 Å². The number of halogens is 1. The Labute approximate surface area is 113 Å². The van der Waals surface area contributed by atoms with Crippen molar-refractivity contribution in [1.82, 2.24) is 4.90 Å². The van der Waals surface area contributed by atoms with Crippen LogP contribution in [-0.2, 0) is 0 Å². The third-order valence-electron chi connectivity index (χ3n) is 3.45. The maximum atomic E-state index is 12.4. The summed E-state index contributed by atoms with van der Waals surface area (Å²) in [4.78, 5) is 16.3. The van der Waals surface area contributed by atoms with E-state index in [1.54, 1.807) is 0 Å². The van der Waals surface area contributed by atoms with Crippen LogP contribution in [0.15, 0.2) is 24.3 Å². The molecule has 1 saturated heterocycles. The molecule has 98 valence electrons. The van der Waals surface area contributed by atoms with Crippen molar-refractivity contribution in [3.05, 3.63) is 29.8 Å². The summed E-state index contributed by atoms with van der Waals surface area (Å²) >= 11 is 5.90. The highest BCUT2D eigenvalue weighted by Crippen LogP contribution is 2.22. The van der Waals surface area contributed by atoms with Crippen molar-refractivity contribution in [3.8, 4) is 0 Å². The molecule has 1 unspecified atom stereocenters. The average Bonchev–Trinajstić information content (AvgIpc) is 2.86. The van der Waals surface area contributed by atoms with Crippen molar-refractivity contribution in [2.75, 3.05) is 31.4 Å². The molecule has 1 aromatic carbocycles. The van der Waals surface area contributed by atoms with Gasteiger partial charge in [-0.25, -0.2) is 0 Å². The second-order valence-electron chi connectivity index (χ2n) is 4.89. The lowest BCUT2D eigenvalue weighted by Gasteiger charge is -2.23. The monoisotopic (exact) mass is 266 g/mol. The molecule has 3 nitrogen and oxygen atoms in total. The Kier molecular flexibility index (Phi) is 4.12. The van der Waals surface area contributed by atoms with E-state index in [-0.39, 0.29) is 11.9 Å². The van der Waals surface area contributed by atoms with Crippen LogP contribution in [0.1, 0.15) is 23.2 Å². The third-order valence-corrected chi connectivity index (χ3v) is 3.80. The van der Waals surface area contributed by atoms with Gasteiger partial charge < -0.3 is 9.80 Å². The summed E-state index contributed by atoms with van der Waals surface area (Å²) in [5.41, 5.74) is 1.85. The molecule has 0 N–H and O–H groups in total. The van der Waals surface area contributed by atoms with E-state index in [4.69, 9.17) is 11.6 Å². The van der Waals surface area contributed by atoms with Crippen molar-refractivity contribution in [1.29, 1.82) is 0 Å². The Balaban J connectivity index is 2.13. The molecule has 0 spiro atoms. The second kappa shape index (κ2) is 5.61. The highest BCUT2D eigenvalue weighted by molar-refractivity contribution is 6.18. The highest BCUT2D eigenvalue weighted by Gasteiger charge is 2.28. The van der Waals surface area contributed by atoms with Crippen molar-refractivity contribution in [2.45, 2.75) is 18.9 Å². The van der Waals surface area contributed by atoms with E-state index in [0.717, 1.165) is 30.6 Å². The topological polar surface area (TPSA) is 23.6 Å². The van der Waals surface area contributed by atoms with Gasteiger partial charge in [-0.15, -0.1) is 11.6 Å². The minimum atomic E-state index is 0.100. The lowest BCUT2D eigenvalue weighted by molar-refractivity contribution is 0.0749. The van der Waals surface area contributed by atoms with Crippen LogP contribution in [0.25, 0.3) is 0 Å². The first-order chi connectivity index (χ1) is 8.63. The molecule has 1 fully saturated rings. The number of hydrogen-bond acceptors (Lipinski definition) is 2. The Morgan fingerprint density at radius 2 is 2.06 bits per heavy atom. The average molecular weight is 267 g/mol. The second-order valence-corrected chi connectivity index (χ2v) is 5.20. The van der Waals surface area contributed by atoms with Gasteiger partial charge in [-0.3, -0.25) is 4.79 Å². The van der Waals surface area contributed by atoms with Gasteiger partial charge >= 0.3 is 0 Å². The SMILES string of the molecule is CN(C)c1ccc(C(=O)N2CCCC2CCl)cc1.